The average molecular weight is 470 g/mol. The van der Waals surface area contributed by atoms with E-state index in [4.69, 9.17) is 11.6 Å². The number of benzene rings is 2. The van der Waals surface area contributed by atoms with Crippen LogP contribution in [0.4, 0.5) is 16.2 Å². The number of hydrogen-bond donors (Lipinski definition) is 4. The van der Waals surface area contributed by atoms with Crippen LogP contribution >= 0.6 is 34.2 Å². The number of hydrogen-bond acceptors (Lipinski definition) is 3. The third-order valence-corrected chi connectivity index (χ3v) is 4.64. The van der Waals surface area contributed by atoms with Crippen LogP contribution < -0.4 is 16.0 Å². The summed E-state index contributed by atoms with van der Waals surface area (Å²) in [4.78, 5) is 24.2. The van der Waals surface area contributed by atoms with Crippen LogP contribution in [-0.2, 0) is 4.79 Å². The van der Waals surface area contributed by atoms with Crippen molar-refractivity contribution >= 4 is 57.5 Å². The van der Waals surface area contributed by atoms with Gasteiger partial charge in [0.1, 0.15) is 0 Å². The van der Waals surface area contributed by atoms with Gasteiger partial charge in [-0.05, 0) is 52.9 Å². The van der Waals surface area contributed by atoms with Crippen molar-refractivity contribution < 1.29 is 14.7 Å². The highest BCUT2D eigenvalue weighted by Gasteiger charge is 2.26. The number of aliphatic hydroxyl groups is 1. The molecule has 1 heterocycles. The van der Waals surface area contributed by atoms with Gasteiger partial charge < -0.3 is 21.1 Å². The van der Waals surface area contributed by atoms with E-state index in [2.05, 4.69) is 38.5 Å². The molecule has 1 aliphatic rings. The Morgan fingerprint density at radius 3 is 2.68 bits per heavy atom. The van der Waals surface area contributed by atoms with Gasteiger partial charge in [0.15, 0.2) is 5.76 Å². The molecule has 3 amide bonds. The van der Waals surface area contributed by atoms with Crippen molar-refractivity contribution in [2.24, 2.45) is 0 Å². The lowest BCUT2D eigenvalue weighted by Gasteiger charge is -2.19. The number of amides is 3. The maximum atomic E-state index is 12.3. The Morgan fingerprint density at radius 2 is 1.96 bits per heavy atom. The first-order chi connectivity index (χ1) is 11.9. The van der Waals surface area contributed by atoms with Crippen LogP contribution in [0.2, 0.25) is 5.02 Å². The number of rotatable bonds is 2. The van der Waals surface area contributed by atoms with Gasteiger partial charge in [0.2, 0.25) is 0 Å². The van der Waals surface area contributed by atoms with Crippen LogP contribution in [0.5, 0.6) is 0 Å². The lowest BCUT2D eigenvalue weighted by molar-refractivity contribution is -0.115. The third-order valence-electron chi connectivity index (χ3n) is 3.53. The number of para-hydroxylation sites is 1. The normalized spacial score (nSPS) is 16.2. The molecule has 1 atom stereocenters. The van der Waals surface area contributed by atoms with Crippen molar-refractivity contribution in [3.63, 3.8) is 0 Å². The van der Waals surface area contributed by atoms with Gasteiger partial charge >= 0.3 is 6.03 Å². The van der Waals surface area contributed by atoms with E-state index < -0.39 is 23.7 Å². The van der Waals surface area contributed by atoms with E-state index in [1.54, 1.807) is 36.4 Å². The fourth-order valence-electron chi connectivity index (χ4n) is 2.45. The number of fused-ring (bicyclic) bond motifs is 1. The predicted octanol–water partition coefficient (Wildman–Crippen LogP) is 4.20. The number of urea groups is 1. The number of nitrogens with one attached hydrogen (secondary N) is 3. The van der Waals surface area contributed by atoms with E-state index in [9.17, 15) is 14.7 Å². The molecule has 1 aliphatic heterocycles. The molecule has 0 aliphatic carbocycles. The zero-order valence-corrected chi connectivity index (χ0v) is 15.6. The van der Waals surface area contributed by atoms with E-state index >= 15 is 0 Å². The predicted molar refractivity (Wildman–Crippen MR) is 105 cm³/mol. The monoisotopic (exact) mass is 469 g/mol. The zero-order valence-electron chi connectivity index (χ0n) is 12.7. The molecule has 0 saturated carbocycles. The molecular weight excluding hydrogens is 457 g/mol. The van der Waals surface area contributed by atoms with Gasteiger partial charge in [-0.1, -0.05) is 29.8 Å². The van der Waals surface area contributed by atoms with Crippen LogP contribution in [-0.4, -0.2) is 17.0 Å². The standard InChI is InChI=1S/C17H13ClIN3O3/c18-9-6-11(19)15-12(7-9)21-16(24)14(23)8-13(15)22-17(25)20-10-4-2-1-3-5-10/h1-8,13,23H,(H,21,24)(H2,20,22,25). The summed E-state index contributed by atoms with van der Waals surface area (Å²) in [6.45, 7) is 0. The van der Waals surface area contributed by atoms with Gasteiger partial charge in [-0.2, -0.15) is 0 Å². The van der Waals surface area contributed by atoms with E-state index in [0.717, 1.165) is 3.57 Å². The Labute approximate surface area is 162 Å². The average Bonchev–Trinajstić information content (AvgIpc) is 2.65. The van der Waals surface area contributed by atoms with Crippen LogP contribution in [0, 0.1) is 3.57 Å². The molecule has 4 N–H and O–H groups in total. The molecule has 128 valence electrons. The maximum Gasteiger partial charge on any atom is 0.319 e. The molecule has 0 aromatic heterocycles. The highest BCUT2D eigenvalue weighted by atomic mass is 127. The highest BCUT2D eigenvalue weighted by molar-refractivity contribution is 14.1. The number of aliphatic hydroxyl groups excluding tert-OH is 1. The molecule has 0 spiro atoms. The largest absolute Gasteiger partial charge is 0.503 e. The third kappa shape index (κ3) is 4.05. The minimum atomic E-state index is -0.707. The number of anilines is 2. The number of halogens is 2. The minimum Gasteiger partial charge on any atom is -0.503 e. The molecule has 2 aromatic carbocycles. The lowest BCUT2D eigenvalue weighted by Crippen LogP contribution is -2.32. The Balaban J connectivity index is 1.91. The highest BCUT2D eigenvalue weighted by Crippen LogP contribution is 2.34. The summed E-state index contributed by atoms with van der Waals surface area (Å²) in [5.74, 6) is -1.14. The van der Waals surface area contributed by atoms with E-state index in [-0.39, 0.29) is 0 Å². The van der Waals surface area contributed by atoms with Gasteiger partial charge in [-0.25, -0.2) is 4.79 Å². The molecule has 0 bridgehead atoms. The molecule has 0 saturated heterocycles. The lowest BCUT2D eigenvalue weighted by atomic mass is 10.0. The quantitative estimate of drug-likeness (QED) is 0.497. The van der Waals surface area contributed by atoms with Gasteiger partial charge in [-0.15, -0.1) is 0 Å². The Morgan fingerprint density at radius 1 is 1.24 bits per heavy atom. The molecule has 3 rings (SSSR count). The summed E-state index contributed by atoms with van der Waals surface area (Å²) >= 11 is 8.11. The van der Waals surface area contributed by atoms with Crippen LogP contribution in [0.25, 0.3) is 0 Å². The molecular formula is C17H13ClIN3O3. The smallest absolute Gasteiger partial charge is 0.319 e. The summed E-state index contributed by atoms with van der Waals surface area (Å²) in [6.07, 6.45) is 1.29. The summed E-state index contributed by atoms with van der Waals surface area (Å²) in [6, 6.07) is 11.1. The van der Waals surface area contributed by atoms with Crippen molar-refractivity contribution in [2.45, 2.75) is 6.04 Å². The van der Waals surface area contributed by atoms with Crippen LogP contribution in [0.1, 0.15) is 11.6 Å². The van der Waals surface area contributed by atoms with Crippen molar-refractivity contribution in [3.8, 4) is 0 Å². The number of carbonyl (C=O) groups is 2. The maximum absolute atomic E-state index is 12.3. The van der Waals surface area contributed by atoms with E-state index in [1.807, 2.05) is 6.07 Å². The minimum absolute atomic E-state index is 0.437. The zero-order chi connectivity index (χ0) is 18.0. The molecule has 6 nitrogen and oxygen atoms in total. The van der Waals surface area contributed by atoms with E-state index in [1.165, 1.54) is 6.08 Å². The van der Waals surface area contributed by atoms with Crippen LogP contribution in [0.3, 0.4) is 0 Å². The topological polar surface area (TPSA) is 90.5 Å². The van der Waals surface area contributed by atoms with Gasteiger partial charge in [0, 0.05) is 25.5 Å². The summed E-state index contributed by atoms with van der Waals surface area (Å²) < 4.78 is 0.747. The fourth-order valence-corrected chi connectivity index (χ4v) is 3.82. The van der Waals surface area contributed by atoms with Gasteiger partial charge in [0.05, 0.1) is 6.04 Å². The van der Waals surface area contributed by atoms with Crippen LogP contribution in [0.15, 0.2) is 54.3 Å². The Kier molecular flexibility index (Phi) is 5.14. The summed E-state index contributed by atoms with van der Waals surface area (Å²) in [5, 5.41) is 18.4. The molecule has 25 heavy (non-hydrogen) atoms. The molecule has 8 heteroatoms. The number of carbonyl (C=O) groups excluding carboxylic acids is 2. The summed E-state index contributed by atoms with van der Waals surface area (Å²) in [5.41, 5.74) is 1.71. The first-order valence-corrected chi connectivity index (χ1v) is 8.73. The van der Waals surface area contributed by atoms with Crippen molar-refractivity contribution in [3.05, 3.63) is 68.5 Å². The SMILES string of the molecule is O=C(Nc1ccccc1)NC1C=C(O)C(=O)Nc2cc(Cl)cc(I)c21. The van der Waals surface area contributed by atoms with Crippen molar-refractivity contribution in [1.29, 1.82) is 0 Å². The Bertz CT molecular complexity index is 871. The first-order valence-electron chi connectivity index (χ1n) is 7.27. The summed E-state index contributed by atoms with van der Waals surface area (Å²) in [7, 11) is 0. The molecule has 2 aromatic rings. The van der Waals surface area contributed by atoms with Crippen molar-refractivity contribution in [1.82, 2.24) is 5.32 Å². The molecule has 0 fully saturated rings. The van der Waals surface area contributed by atoms with Gasteiger partial charge in [-0.3, -0.25) is 4.79 Å². The molecule has 0 radical (unpaired) electrons. The van der Waals surface area contributed by atoms with Gasteiger partial charge in [0.25, 0.3) is 5.91 Å². The second kappa shape index (κ2) is 7.32. The van der Waals surface area contributed by atoms with Crippen molar-refractivity contribution in [2.75, 3.05) is 10.6 Å². The first kappa shape index (κ1) is 17.6. The molecule has 1 unspecified atom stereocenters. The Hall–Kier alpha value is -2.26. The second-order valence-electron chi connectivity index (χ2n) is 5.30. The second-order valence-corrected chi connectivity index (χ2v) is 6.90. The van der Waals surface area contributed by atoms with E-state index in [0.29, 0.717) is 22.0 Å². The fraction of sp³-hybridized carbons (Fsp3) is 0.0588.